The van der Waals surface area contributed by atoms with Crippen molar-refractivity contribution in [2.45, 2.75) is 19.8 Å². The van der Waals surface area contributed by atoms with Crippen molar-refractivity contribution in [3.63, 3.8) is 0 Å². The molecule has 0 aliphatic carbocycles. The van der Waals surface area contributed by atoms with E-state index in [9.17, 15) is 13.2 Å². The maximum absolute atomic E-state index is 11.2. The third-order valence-corrected chi connectivity index (χ3v) is 3.79. The molecule has 0 atom stereocenters. The quantitative estimate of drug-likeness (QED) is 0.510. The number of esters is 1. The fourth-order valence-corrected chi connectivity index (χ4v) is 2.62. The molecule has 2 N–H and O–H groups in total. The molecule has 0 saturated carbocycles. The summed E-state index contributed by atoms with van der Waals surface area (Å²) in [4.78, 5) is 15.5. The van der Waals surface area contributed by atoms with Gasteiger partial charge in [0.1, 0.15) is 0 Å². The molecule has 0 bridgehead atoms. The number of rotatable bonds is 9. The van der Waals surface area contributed by atoms with Crippen LogP contribution < -0.4 is 10.0 Å². The second-order valence-electron chi connectivity index (χ2n) is 4.04. The molecule has 20 heavy (non-hydrogen) atoms. The second kappa shape index (κ2) is 8.18. The topological polar surface area (TPSA) is 97.4 Å². The van der Waals surface area contributed by atoms with Crippen LogP contribution in [0.25, 0.3) is 0 Å². The molecule has 1 aromatic rings. The van der Waals surface area contributed by atoms with Crippen molar-refractivity contribution in [2.24, 2.45) is 0 Å². The molecule has 9 heteroatoms. The number of carbonyl (C=O) groups is 1. The molecular formula is C11H19N3O4S2. The number of anilines is 1. The molecule has 0 radical (unpaired) electrons. The van der Waals surface area contributed by atoms with Crippen molar-refractivity contribution < 1.29 is 17.9 Å². The van der Waals surface area contributed by atoms with Gasteiger partial charge in [-0.05, 0) is 6.92 Å². The Balaban J connectivity index is 2.27. The molecule has 7 nitrogen and oxygen atoms in total. The number of ether oxygens (including phenoxy) is 1. The lowest BCUT2D eigenvalue weighted by Gasteiger charge is -2.03. The van der Waals surface area contributed by atoms with Gasteiger partial charge in [0.15, 0.2) is 5.13 Å². The first-order valence-electron chi connectivity index (χ1n) is 6.19. The maximum atomic E-state index is 11.2. The number of aromatic nitrogens is 1. The van der Waals surface area contributed by atoms with Crippen LogP contribution >= 0.6 is 11.3 Å². The third kappa shape index (κ3) is 7.41. The van der Waals surface area contributed by atoms with Crippen molar-refractivity contribution in [1.82, 2.24) is 9.71 Å². The first-order valence-corrected chi connectivity index (χ1v) is 8.96. The van der Waals surface area contributed by atoms with Crippen LogP contribution in [0.15, 0.2) is 5.38 Å². The minimum Gasteiger partial charge on any atom is -0.466 e. The lowest BCUT2D eigenvalue weighted by molar-refractivity contribution is -0.143. The van der Waals surface area contributed by atoms with Gasteiger partial charge in [-0.2, -0.15) is 0 Å². The van der Waals surface area contributed by atoms with Gasteiger partial charge in [0.05, 0.1) is 25.0 Å². The number of hydrogen-bond acceptors (Lipinski definition) is 7. The Bertz CT molecular complexity index is 528. The minimum atomic E-state index is -3.16. The molecule has 1 rings (SSSR count). The number of aryl methyl sites for hydroxylation is 1. The Hall–Kier alpha value is -1.19. The van der Waals surface area contributed by atoms with Gasteiger partial charge in [-0.3, -0.25) is 4.79 Å². The second-order valence-corrected chi connectivity index (χ2v) is 6.73. The molecule has 0 unspecified atom stereocenters. The number of thiazole rings is 1. The predicted octanol–water partition coefficient (Wildman–Crippen LogP) is 0.600. The summed E-state index contributed by atoms with van der Waals surface area (Å²) in [6.45, 7) is 2.91. The van der Waals surface area contributed by atoms with Gasteiger partial charge in [0, 0.05) is 24.9 Å². The van der Waals surface area contributed by atoms with Crippen molar-refractivity contribution in [2.75, 3.05) is 31.3 Å². The first-order chi connectivity index (χ1) is 9.40. The summed E-state index contributed by atoms with van der Waals surface area (Å²) in [7, 11) is -3.16. The van der Waals surface area contributed by atoms with E-state index < -0.39 is 10.0 Å². The summed E-state index contributed by atoms with van der Waals surface area (Å²) >= 11 is 1.42. The molecule has 0 fully saturated rings. The molecule has 0 amide bonds. The number of nitrogens with one attached hydrogen (secondary N) is 2. The maximum Gasteiger partial charge on any atom is 0.306 e. The van der Waals surface area contributed by atoms with Crippen LogP contribution in [-0.2, 0) is 26.0 Å². The predicted molar refractivity (Wildman–Crippen MR) is 78.4 cm³/mol. The number of nitrogens with zero attached hydrogens (tertiary/aromatic N) is 1. The average Bonchev–Trinajstić information content (AvgIpc) is 2.79. The zero-order valence-corrected chi connectivity index (χ0v) is 13.1. The smallest absolute Gasteiger partial charge is 0.306 e. The Labute approximate surface area is 122 Å². The Morgan fingerprint density at radius 1 is 1.45 bits per heavy atom. The van der Waals surface area contributed by atoms with Crippen molar-refractivity contribution in [1.29, 1.82) is 0 Å². The zero-order chi connectivity index (χ0) is 15.0. The van der Waals surface area contributed by atoms with Crippen molar-refractivity contribution in [3.8, 4) is 0 Å². The normalized spacial score (nSPS) is 11.3. The fraction of sp³-hybridized carbons (Fsp3) is 0.636. The average molecular weight is 321 g/mol. The van der Waals surface area contributed by atoms with Crippen LogP contribution in [-0.4, -0.2) is 45.3 Å². The molecule has 0 aliphatic rings. The van der Waals surface area contributed by atoms with Gasteiger partial charge in [-0.25, -0.2) is 18.1 Å². The van der Waals surface area contributed by atoms with Gasteiger partial charge >= 0.3 is 5.97 Å². The van der Waals surface area contributed by atoms with Crippen LogP contribution in [0, 0.1) is 0 Å². The first kappa shape index (κ1) is 16.9. The Morgan fingerprint density at radius 3 is 2.85 bits per heavy atom. The number of sulfonamides is 1. The highest BCUT2D eigenvalue weighted by molar-refractivity contribution is 7.88. The Kier molecular flexibility index (Phi) is 6.89. The standard InChI is InChI=1S/C11H19N3O4S2/c1-3-18-10(15)5-4-9-8-19-11(14-9)12-6-7-13-20(2,16)17/h8,13H,3-7H2,1-2H3,(H,12,14). The summed E-state index contributed by atoms with van der Waals surface area (Å²) in [6.07, 6.45) is 1.97. The molecular weight excluding hydrogens is 302 g/mol. The zero-order valence-electron chi connectivity index (χ0n) is 11.5. The van der Waals surface area contributed by atoms with Crippen LogP contribution in [0.4, 0.5) is 5.13 Å². The molecule has 114 valence electrons. The molecule has 0 saturated heterocycles. The van der Waals surface area contributed by atoms with E-state index in [2.05, 4.69) is 15.0 Å². The lowest BCUT2D eigenvalue weighted by atomic mass is 10.2. The van der Waals surface area contributed by atoms with Gasteiger partial charge in [-0.15, -0.1) is 11.3 Å². The van der Waals surface area contributed by atoms with Gasteiger partial charge < -0.3 is 10.1 Å². The molecule has 1 heterocycles. The lowest BCUT2D eigenvalue weighted by Crippen LogP contribution is -2.27. The van der Waals surface area contributed by atoms with E-state index in [1.54, 1.807) is 6.92 Å². The monoisotopic (exact) mass is 321 g/mol. The van der Waals surface area contributed by atoms with E-state index in [-0.39, 0.29) is 5.97 Å². The van der Waals surface area contributed by atoms with Gasteiger partial charge in [0.25, 0.3) is 0 Å². The van der Waals surface area contributed by atoms with Gasteiger partial charge in [0.2, 0.25) is 10.0 Å². The summed E-state index contributed by atoms with van der Waals surface area (Å²) in [5.41, 5.74) is 0.821. The summed E-state index contributed by atoms with van der Waals surface area (Å²) in [5.74, 6) is -0.229. The molecule has 0 aliphatic heterocycles. The van der Waals surface area contributed by atoms with Gasteiger partial charge in [-0.1, -0.05) is 0 Å². The van der Waals surface area contributed by atoms with Crippen molar-refractivity contribution >= 4 is 32.5 Å². The highest BCUT2D eigenvalue weighted by Crippen LogP contribution is 2.16. The van der Waals surface area contributed by atoms with E-state index in [0.29, 0.717) is 37.7 Å². The summed E-state index contributed by atoms with van der Waals surface area (Å²) in [6, 6.07) is 0. The van der Waals surface area contributed by atoms with Crippen LogP contribution in [0.3, 0.4) is 0 Å². The summed E-state index contributed by atoms with van der Waals surface area (Å²) in [5, 5.41) is 5.59. The van der Waals surface area contributed by atoms with E-state index in [1.165, 1.54) is 11.3 Å². The van der Waals surface area contributed by atoms with Crippen LogP contribution in [0.5, 0.6) is 0 Å². The van der Waals surface area contributed by atoms with E-state index >= 15 is 0 Å². The SMILES string of the molecule is CCOC(=O)CCc1csc(NCCNS(C)(=O)=O)n1. The molecule has 0 spiro atoms. The highest BCUT2D eigenvalue weighted by atomic mass is 32.2. The van der Waals surface area contributed by atoms with E-state index in [1.807, 2.05) is 5.38 Å². The fourth-order valence-electron chi connectivity index (χ4n) is 1.37. The molecule has 1 aromatic heterocycles. The number of hydrogen-bond donors (Lipinski definition) is 2. The highest BCUT2D eigenvalue weighted by Gasteiger charge is 2.06. The summed E-state index contributed by atoms with van der Waals surface area (Å²) < 4.78 is 28.9. The largest absolute Gasteiger partial charge is 0.466 e. The van der Waals surface area contributed by atoms with Crippen molar-refractivity contribution in [3.05, 3.63) is 11.1 Å². The van der Waals surface area contributed by atoms with Crippen LogP contribution in [0.2, 0.25) is 0 Å². The third-order valence-electron chi connectivity index (χ3n) is 2.21. The molecule has 0 aromatic carbocycles. The minimum absolute atomic E-state index is 0.229. The van der Waals surface area contributed by atoms with E-state index in [4.69, 9.17) is 4.74 Å². The van der Waals surface area contributed by atoms with E-state index in [0.717, 1.165) is 11.9 Å². The Morgan fingerprint density at radius 2 is 2.20 bits per heavy atom. The van der Waals surface area contributed by atoms with Crippen LogP contribution in [0.1, 0.15) is 19.0 Å². The number of carbonyl (C=O) groups excluding carboxylic acids is 1.